The summed E-state index contributed by atoms with van der Waals surface area (Å²) in [5.41, 5.74) is 2.29. The van der Waals surface area contributed by atoms with Gasteiger partial charge in [0.05, 0.1) is 0 Å². The van der Waals surface area contributed by atoms with Crippen LogP contribution in [0.5, 0.6) is 0 Å². The molecule has 1 aromatic rings. The minimum Gasteiger partial charge on any atom is -0.353 e. The molecular weight excluding hydrogens is 234 g/mol. The van der Waals surface area contributed by atoms with E-state index in [4.69, 9.17) is 0 Å². The fourth-order valence-electron chi connectivity index (χ4n) is 1.85. The summed E-state index contributed by atoms with van der Waals surface area (Å²) in [7, 11) is 0. The average molecular weight is 259 g/mol. The molecule has 0 aliphatic carbocycles. The second kappa shape index (κ2) is 9.37. The van der Waals surface area contributed by atoms with Gasteiger partial charge < -0.3 is 5.32 Å². The van der Waals surface area contributed by atoms with Gasteiger partial charge in [-0.15, -0.1) is 0 Å². The first-order chi connectivity index (χ1) is 9.22. The maximum Gasteiger partial charge on any atom is 0.243 e. The quantitative estimate of drug-likeness (QED) is 0.553. The fraction of sp³-hybridized carbons (Fsp3) is 0.471. The van der Waals surface area contributed by atoms with Gasteiger partial charge >= 0.3 is 0 Å². The first kappa shape index (κ1) is 15.5. The van der Waals surface area contributed by atoms with Crippen LogP contribution >= 0.6 is 0 Å². The van der Waals surface area contributed by atoms with Crippen LogP contribution in [0.1, 0.15) is 50.2 Å². The first-order valence-corrected chi connectivity index (χ1v) is 7.25. The predicted molar refractivity (Wildman–Crippen MR) is 82.0 cm³/mol. The Bertz CT molecular complexity index is 392. The molecule has 0 saturated carbocycles. The molecule has 0 aromatic heterocycles. The lowest BCUT2D eigenvalue weighted by Gasteiger charge is -2.02. The van der Waals surface area contributed by atoms with E-state index in [2.05, 4.69) is 19.2 Å². The Labute approximate surface area is 116 Å². The smallest absolute Gasteiger partial charge is 0.243 e. The number of hydrogen-bond donors (Lipinski definition) is 1. The maximum atomic E-state index is 11.6. The van der Waals surface area contributed by atoms with Crippen molar-refractivity contribution in [1.29, 1.82) is 0 Å². The Kier molecular flexibility index (Phi) is 7.64. The monoisotopic (exact) mass is 259 g/mol. The van der Waals surface area contributed by atoms with Gasteiger partial charge in [0, 0.05) is 12.6 Å². The zero-order chi connectivity index (χ0) is 13.9. The molecule has 0 radical (unpaired) electrons. The van der Waals surface area contributed by atoms with Crippen LogP contribution < -0.4 is 5.32 Å². The van der Waals surface area contributed by atoms with Gasteiger partial charge in [0.25, 0.3) is 0 Å². The van der Waals surface area contributed by atoms with Crippen molar-refractivity contribution >= 4 is 12.0 Å². The summed E-state index contributed by atoms with van der Waals surface area (Å²) < 4.78 is 0. The molecule has 1 N–H and O–H groups in total. The molecule has 0 bridgehead atoms. The predicted octanol–water partition coefficient (Wildman–Crippen LogP) is 4.09. The number of aryl methyl sites for hydroxylation is 1. The molecule has 19 heavy (non-hydrogen) atoms. The highest BCUT2D eigenvalue weighted by atomic mass is 16.1. The third-order valence-corrected chi connectivity index (χ3v) is 3.08. The van der Waals surface area contributed by atoms with E-state index in [0.29, 0.717) is 0 Å². The van der Waals surface area contributed by atoms with Crippen molar-refractivity contribution < 1.29 is 4.79 Å². The summed E-state index contributed by atoms with van der Waals surface area (Å²) >= 11 is 0. The van der Waals surface area contributed by atoms with Crippen LogP contribution in [0.3, 0.4) is 0 Å². The molecule has 1 amide bonds. The molecule has 0 aliphatic rings. The first-order valence-electron chi connectivity index (χ1n) is 7.25. The third-order valence-electron chi connectivity index (χ3n) is 3.08. The number of rotatable bonds is 8. The van der Waals surface area contributed by atoms with Crippen molar-refractivity contribution in [3.05, 3.63) is 41.5 Å². The molecule has 0 heterocycles. The summed E-state index contributed by atoms with van der Waals surface area (Å²) in [6, 6.07) is 8.13. The van der Waals surface area contributed by atoms with Crippen molar-refractivity contribution in [2.75, 3.05) is 6.54 Å². The van der Waals surface area contributed by atoms with E-state index < -0.39 is 0 Å². The summed E-state index contributed by atoms with van der Waals surface area (Å²) in [5.74, 6) is -0.00364. The molecule has 104 valence electrons. The topological polar surface area (TPSA) is 29.1 Å². The average Bonchev–Trinajstić information content (AvgIpc) is 2.42. The van der Waals surface area contributed by atoms with Crippen LogP contribution in [-0.2, 0) is 4.79 Å². The van der Waals surface area contributed by atoms with Gasteiger partial charge in [-0.05, 0) is 25.0 Å². The van der Waals surface area contributed by atoms with Crippen molar-refractivity contribution in [2.24, 2.45) is 0 Å². The van der Waals surface area contributed by atoms with E-state index in [1.54, 1.807) is 6.08 Å². The summed E-state index contributed by atoms with van der Waals surface area (Å²) in [6.45, 7) is 5.04. The molecule has 1 aromatic carbocycles. The Morgan fingerprint density at radius 3 is 2.47 bits per heavy atom. The van der Waals surface area contributed by atoms with E-state index in [-0.39, 0.29) is 5.91 Å². The van der Waals surface area contributed by atoms with E-state index in [0.717, 1.165) is 18.5 Å². The van der Waals surface area contributed by atoms with Gasteiger partial charge in [0.1, 0.15) is 0 Å². The van der Waals surface area contributed by atoms with Crippen LogP contribution in [0, 0.1) is 6.92 Å². The van der Waals surface area contributed by atoms with Crippen LogP contribution in [0.25, 0.3) is 6.08 Å². The van der Waals surface area contributed by atoms with Gasteiger partial charge in [-0.1, -0.05) is 62.4 Å². The van der Waals surface area contributed by atoms with E-state index in [1.165, 1.54) is 31.2 Å². The number of hydrogen-bond acceptors (Lipinski definition) is 1. The second-order valence-corrected chi connectivity index (χ2v) is 4.95. The molecule has 2 heteroatoms. The van der Waals surface area contributed by atoms with Gasteiger partial charge in [0.15, 0.2) is 0 Å². The van der Waals surface area contributed by atoms with Gasteiger partial charge in [-0.3, -0.25) is 4.79 Å². The zero-order valence-corrected chi connectivity index (χ0v) is 12.1. The second-order valence-electron chi connectivity index (χ2n) is 4.95. The maximum absolute atomic E-state index is 11.6. The lowest BCUT2D eigenvalue weighted by atomic mass is 10.1. The normalized spacial score (nSPS) is 10.8. The largest absolute Gasteiger partial charge is 0.353 e. The van der Waals surface area contributed by atoms with Crippen LogP contribution in [0.4, 0.5) is 0 Å². The fourth-order valence-corrected chi connectivity index (χ4v) is 1.85. The molecular formula is C17H25NO. The number of carbonyl (C=O) groups is 1. The van der Waals surface area contributed by atoms with Crippen LogP contribution in [-0.4, -0.2) is 12.5 Å². The highest BCUT2D eigenvalue weighted by Crippen LogP contribution is 2.05. The Morgan fingerprint density at radius 2 is 1.79 bits per heavy atom. The zero-order valence-electron chi connectivity index (χ0n) is 12.1. The highest BCUT2D eigenvalue weighted by molar-refractivity contribution is 5.91. The lowest BCUT2D eigenvalue weighted by Crippen LogP contribution is -2.21. The minimum atomic E-state index is -0.00364. The van der Waals surface area contributed by atoms with Crippen LogP contribution in [0.2, 0.25) is 0 Å². The Hall–Kier alpha value is -1.57. The van der Waals surface area contributed by atoms with E-state index in [9.17, 15) is 4.79 Å². The standard InChI is InChI=1S/C17H25NO/c1-3-4-5-6-7-14-18-17(19)13-12-16-10-8-15(2)9-11-16/h8-13H,3-7,14H2,1-2H3,(H,18,19). The third kappa shape index (κ3) is 7.45. The van der Waals surface area contributed by atoms with Crippen molar-refractivity contribution in [2.45, 2.75) is 46.0 Å². The van der Waals surface area contributed by atoms with Gasteiger partial charge in [0.2, 0.25) is 5.91 Å². The molecule has 0 aliphatic heterocycles. The number of carbonyl (C=O) groups excluding carboxylic acids is 1. The molecule has 2 nitrogen and oxygen atoms in total. The molecule has 0 fully saturated rings. The number of amides is 1. The minimum absolute atomic E-state index is 0.00364. The van der Waals surface area contributed by atoms with Gasteiger partial charge in [-0.25, -0.2) is 0 Å². The summed E-state index contributed by atoms with van der Waals surface area (Å²) in [6.07, 6.45) is 9.56. The lowest BCUT2D eigenvalue weighted by molar-refractivity contribution is -0.116. The molecule has 0 spiro atoms. The molecule has 0 saturated heterocycles. The molecule has 0 unspecified atom stereocenters. The van der Waals surface area contributed by atoms with Crippen molar-refractivity contribution in [3.8, 4) is 0 Å². The summed E-state index contributed by atoms with van der Waals surface area (Å²) in [5, 5.41) is 2.92. The van der Waals surface area contributed by atoms with E-state index in [1.807, 2.05) is 30.3 Å². The van der Waals surface area contributed by atoms with Crippen molar-refractivity contribution in [3.63, 3.8) is 0 Å². The Morgan fingerprint density at radius 1 is 1.11 bits per heavy atom. The SMILES string of the molecule is CCCCCCCNC(=O)C=Cc1ccc(C)cc1. The Balaban J connectivity index is 2.18. The highest BCUT2D eigenvalue weighted by Gasteiger charge is 1.95. The number of benzene rings is 1. The number of unbranched alkanes of at least 4 members (excludes halogenated alkanes) is 4. The summed E-state index contributed by atoms with van der Waals surface area (Å²) in [4.78, 5) is 11.6. The molecule has 1 rings (SSSR count). The van der Waals surface area contributed by atoms with Gasteiger partial charge in [-0.2, -0.15) is 0 Å². The number of nitrogens with one attached hydrogen (secondary N) is 1. The van der Waals surface area contributed by atoms with E-state index >= 15 is 0 Å². The molecule has 0 atom stereocenters. The van der Waals surface area contributed by atoms with Crippen LogP contribution in [0.15, 0.2) is 30.3 Å². The van der Waals surface area contributed by atoms with Crippen molar-refractivity contribution in [1.82, 2.24) is 5.32 Å².